The van der Waals surface area contributed by atoms with Crippen LogP contribution in [0.25, 0.3) is 11.1 Å². The molecule has 0 aliphatic heterocycles. The molecule has 0 saturated carbocycles. The van der Waals surface area contributed by atoms with E-state index in [-0.39, 0.29) is 22.6 Å². The van der Waals surface area contributed by atoms with Crippen molar-refractivity contribution in [1.82, 2.24) is 0 Å². The van der Waals surface area contributed by atoms with Crippen LogP contribution in [0.15, 0.2) is 0 Å². The maximum Gasteiger partial charge on any atom is 0.198 e. The van der Waals surface area contributed by atoms with Crippen molar-refractivity contribution in [3.05, 3.63) is 57.2 Å². The first-order chi connectivity index (χ1) is 11.9. The number of hydrogen-bond acceptors (Lipinski definition) is 0. The summed E-state index contributed by atoms with van der Waals surface area (Å²) in [6.07, 6.45) is 0. The molecule has 0 aliphatic carbocycles. The molecule has 0 saturated heterocycles. The van der Waals surface area contributed by atoms with Gasteiger partial charge < -0.3 is 0 Å². The minimum absolute atomic E-state index is 0.0158. The maximum absolute atomic E-state index is 15.3. The van der Waals surface area contributed by atoms with Crippen LogP contribution >= 0.6 is 0 Å². The summed E-state index contributed by atoms with van der Waals surface area (Å²) in [4.78, 5) is 0. The van der Waals surface area contributed by atoms with Crippen LogP contribution in [0.3, 0.4) is 0 Å². The third-order valence-corrected chi connectivity index (χ3v) is 4.59. The van der Waals surface area contributed by atoms with Crippen molar-refractivity contribution in [3.63, 3.8) is 0 Å². The summed E-state index contributed by atoms with van der Waals surface area (Å²) < 4.78 is 85.9. The molecule has 2 aromatic rings. The molecule has 142 valence electrons. The van der Waals surface area contributed by atoms with Gasteiger partial charge in [0.25, 0.3) is 0 Å². The minimum Gasteiger partial charge on any atom is -0.206 e. The second-order valence-electron chi connectivity index (χ2n) is 7.02. The molecule has 0 aliphatic rings. The number of halogens is 6. The standard InChI is InChI=1S/C20H20F6/c1-7(2)11-12(8(3)4)17(23)13(9(5)15(11)21)14-10(6)16(22)19(25)20(26)18(14)24/h7-8H,1-6H3. The van der Waals surface area contributed by atoms with Gasteiger partial charge >= 0.3 is 0 Å². The molecule has 0 amide bonds. The SMILES string of the molecule is Cc1c(F)c(F)c(F)c(F)c1-c1c(C)c(F)c(C(C)C)c(C(C)C)c1F. The zero-order valence-corrected chi connectivity index (χ0v) is 15.4. The zero-order chi connectivity index (χ0) is 20.1. The lowest BCUT2D eigenvalue weighted by Crippen LogP contribution is -2.12. The Kier molecular flexibility index (Phi) is 5.45. The number of rotatable bonds is 3. The second-order valence-corrected chi connectivity index (χ2v) is 7.02. The smallest absolute Gasteiger partial charge is 0.198 e. The minimum atomic E-state index is -2.05. The van der Waals surface area contributed by atoms with E-state index in [0.717, 1.165) is 6.92 Å². The van der Waals surface area contributed by atoms with E-state index in [4.69, 9.17) is 0 Å². The van der Waals surface area contributed by atoms with Gasteiger partial charge in [-0.1, -0.05) is 27.7 Å². The molecular weight excluding hydrogens is 354 g/mol. The highest BCUT2D eigenvalue weighted by Crippen LogP contribution is 2.42. The molecule has 0 fully saturated rings. The van der Waals surface area contributed by atoms with Crippen LogP contribution in [-0.2, 0) is 0 Å². The molecule has 26 heavy (non-hydrogen) atoms. The fourth-order valence-electron chi connectivity index (χ4n) is 3.31. The van der Waals surface area contributed by atoms with E-state index in [2.05, 4.69) is 0 Å². The van der Waals surface area contributed by atoms with Gasteiger partial charge in [-0.25, -0.2) is 26.3 Å². The molecular formula is C20H20F6. The fourth-order valence-corrected chi connectivity index (χ4v) is 3.31. The Morgan fingerprint density at radius 1 is 0.462 bits per heavy atom. The molecule has 6 heteroatoms. The summed E-state index contributed by atoms with van der Waals surface area (Å²) >= 11 is 0. The molecule has 0 heterocycles. The van der Waals surface area contributed by atoms with Crippen LogP contribution in [0.2, 0.25) is 0 Å². The molecule has 2 rings (SSSR count). The summed E-state index contributed by atoms with van der Waals surface area (Å²) in [6, 6.07) is 0. The molecule has 0 radical (unpaired) electrons. The van der Waals surface area contributed by atoms with Gasteiger partial charge in [-0.3, -0.25) is 0 Å². The van der Waals surface area contributed by atoms with Crippen molar-refractivity contribution in [2.24, 2.45) is 0 Å². The van der Waals surface area contributed by atoms with E-state index in [9.17, 15) is 22.0 Å². The summed E-state index contributed by atoms with van der Waals surface area (Å²) in [5.41, 5.74) is -2.12. The zero-order valence-electron chi connectivity index (χ0n) is 15.4. The van der Waals surface area contributed by atoms with Crippen LogP contribution < -0.4 is 0 Å². The topological polar surface area (TPSA) is 0 Å². The van der Waals surface area contributed by atoms with E-state index in [1.807, 2.05) is 0 Å². The van der Waals surface area contributed by atoms with Crippen molar-refractivity contribution >= 4 is 0 Å². The molecule has 0 aromatic heterocycles. The van der Waals surface area contributed by atoms with Crippen LogP contribution in [0, 0.1) is 48.8 Å². The lowest BCUT2D eigenvalue weighted by molar-refractivity contribution is 0.407. The van der Waals surface area contributed by atoms with Crippen molar-refractivity contribution in [2.45, 2.75) is 53.4 Å². The highest BCUT2D eigenvalue weighted by molar-refractivity contribution is 5.74. The number of hydrogen-bond donors (Lipinski definition) is 0. The first-order valence-corrected chi connectivity index (χ1v) is 8.27. The second kappa shape index (κ2) is 6.97. The van der Waals surface area contributed by atoms with Crippen LogP contribution in [0.5, 0.6) is 0 Å². The molecule has 0 nitrogen and oxygen atoms in total. The molecule has 0 atom stereocenters. The fraction of sp³-hybridized carbons (Fsp3) is 0.400. The molecule has 2 aromatic carbocycles. The van der Waals surface area contributed by atoms with Crippen molar-refractivity contribution in [1.29, 1.82) is 0 Å². The van der Waals surface area contributed by atoms with E-state index >= 15 is 4.39 Å². The Morgan fingerprint density at radius 3 is 1.27 bits per heavy atom. The predicted octanol–water partition coefficient (Wildman–Crippen LogP) is 7.05. The average molecular weight is 374 g/mol. The lowest BCUT2D eigenvalue weighted by Gasteiger charge is -2.23. The van der Waals surface area contributed by atoms with E-state index < -0.39 is 57.5 Å². The number of benzene rings is 2. The van der Waals surface area contributed by atoms with Crippen molar-refractivity contribution < 1.29 is 26.3 Å². The predicted molar refractivity (Wildman–Crippen MR) is 89.3 cm³/mol. The van der Waals surface area contributed by atoms with Gasteiger partial charge in [-0.15, -0.1) is 0 Å². The van der Waals surface area contributed by atoms with Gasteiger partial charge in [0, 0.05) is 11.1 Å². The van der Waals surface area contributed by atoms with Crippen molar-refractivity contribution in [2.75, 3.05) is 0 Å². The summed E-state index contributed by atoms with van der Waals surface area (Å²) in [5, 5.41) is 0. The highest BCUT2D eigenvalue weighted by Gasteiger charge is 2.31. The Bertz CT molecular complexity index is 852. The third-order valence-electron chi connectivity index (χ3n) is 4.59. The van der Waals surface area contributed by atoms with E-state index in [1.54, 1.807) is 27.7 Å². The molecule has 0 spiro atoms. The van der Waals surface area contributed by atoms with Gasteiger partial charge in [0.05, 0.1) is 0 Å². The highest BCUT2D eigenvalue weighted by atomic mass is 19.2. The van der Waals surface area contributed by atoms with Gasteiger partial charge in [0.2, 0.25) is 0 Å². The quantitative estimate of drug-likeness (QED) is 0.307. The van der Waals surface area contributed by atoms with Crippen LogP contribution in [0.1, 0.15) is 61.8 Å². The Hall–Kier alpha value is -1.98. The molecule has 0 N–H and O–H groups in total. The Balaban J connectivity index is 3.08. The Morgan fingerprint density at radius 2 is 0.808 bits per heavy atom. The third kappa shape index (κ3) is 2.89. The summed E-state index contributed by atoms with van der Waals surface area (Å²) in [5.74, 6) is -9.93. The molecule has 0 unspecified atom stereocenters. The monoisotopic (exact) mass is 374 g/mol. The first-order valence-electron chi connectivity index (χ1n) is 8.27. The maximum atomic E-state index is 15.3. The van der Waals surface area contributed by atoms with Crippen LogP contribution in [0.4, 0.5) is 26.3 Å². The first kappa shape index (κ1) is 20.3. The van der Waals surface area contributed by atoms with Gasteiger partial charge in [-0.05, 0) is 47.9 Å². The summed E-state index contributed by atoms with van der Waals surface area (Å²) in [7, 11) is 0. The van der Waals surface area contributed by atoms with E-state index in [0.29, 0.717) is 0 Å². The lowest BCUT2D eigenvalue weighted by atomic mass is 9.83. The summed E-state index contributed by atoms with van der Waals surface area (Å²) in [6.45, 7) is 8.85. The van der Waals surface area contributed by atoms with Gasteiger partial charge in [-0.2, -0.15) is 0 Å². The van der Waals surface area contributed by atoms with Crippen molar-refractivity contribution in [3.8, 4) is 11.1 Å². The average Bonchev–Trinajstić information content (AvgIpc) is 2.56. The Labute approximate surface area is 148 Å². The van der Waals surface area contributed by atoms with E-state index in [1.165, 1.54) is 6.92 Å². The van der Waals surface area contributed by atoms with Gasteiger partial charge in [0.1, 0.15) is 11.6 Å². The van der Waals surface area contributed by atoms with Gasteiger partial charge in [0.15, 0.2) is 23.3 Å². The molecule has 0 bridgehead atoms. The largest absolute Gasteiger partial charge is 0.206 e. The van der Waals surface area contributed by atoms with Crippen LogP contribution in [-0.4, -0.2) is 0 Å². The normalized spacial score (nSPS) is 11.8.